The summed E-state index contributed by atoms with van der Waals surface area (Å²) in [5, 5.41) is 3.26. The van der Waals surface area contributed by atoms with Gasteiger partial charge in [-0.3, -0.25) is 4.79 Å². The fourth-order valence-electron chi connectivity index (χ4n) is 4.99. The van der Waals surface area contributed by atoms with Gasteiger partial charge in [-0.1, -0.05) is 33.1 Å². The first-order chi connectivity index (χ1) is 11.9. The zero-order valence-electron chi connectivity index (χ0n) is 16.4. The Labute approximate surface area is 153 Å². The Morgan fingerprint density at radius 3 is 2.36 bits per heavy atom. The van der Waals surface area contributed by atoms with Crippen molar-refractivity contribution in [2.24, 2.45) is 11.1 Å². The molecule has 2 saturated carbocycles. The normalized spacial score (nSPS) is 34.5. The Bertz CT molecular complexity index is 468. The largest absolute Gasteiger partial charge is 0.378 e. The van der Waals surface area contributed by atoms with Crippen molar-refractivity contribution in [1.82, 2.24) is 10.2 Å². The van der Waals surface area contributed by atoms with E-state index in [2.05, 4.69) is 24.1 Å². The highest BCUT2D eigenvalue weighted by atomic mass is 16.5. The Morgan fingerprint density at radius 2 is 1.80 bits per heavy atom. The molecule has 0 aromatic rings. The fourth-order valence-corrected chi connectivity index (χ4v) is 4.99. The molecule has 1 aliphatic heterocycles. The lowest BCUT2D eigenvalue weighted by molar-refractivity contribution is -0.171. The Kier molecular flexibility index (Phi) is 5.76. The van der Waals surface area contributed by atoms with Crippen LogP contribution in [0.2, 0.25) is 0 Å². The first-order valence-electron chi connectivity index (χ1n) is 10.3. The molecule has 0 bridgehead atoms. The molecule has 2 unspecified atom stereocenters. The van der Waals surface area contributed by atoms with E-state index in [1.165, 1.54) is 32.1 Å². The summed E-state index contributed by atoms with van der Waals surface area (Å²) in [7, 11) is 0. The fraction of sp³-hybridized carbons (Fsp3) is 0.950. The van der Waals surface area contributed by atoms with Crippen LogP contribution < -0.4 is 11.1 Å². The molecule has 0 aromatic carbocycles. The molecule has 2 aliphatic carbocycles. The average molecular weight is 352 g/mol. The molecule has 3 N–H and O–H groups in total. The summed E-state index contributed by atoms with van der Waals surface area (Å²) in [6, 6.07) is 1.05. The van der Waals surface area contributed by atoms with E-state index < -0.39 is 5.54 Å². The van der Waals surface area contributed by atoms with Crippen LogP contribution in [0.25, 0.3) is 0 Å². The summed E-state index contributed by atoms with van der Waals surface area (Å²) in [4.78, 5) is 15.5. The van der Waals surface area contributed by atoms with Gasteiger partial charge in [0.1, 0.15) is 5.54 Å². The van der Waals surface area contributed by atoms with Crippen LogP contribution in [0.4, 0.5) is 0 Å². The maximum atomic E-state index is 12.9. The van der Waals surface area contributed by atoms with Crippen LogP contribution in [0.3, 0.4) is 0 Å². The van der Waals surface area contributed by atoms with Crippen molar-refractivity contribution in [1.29, 1.82) is 0 Å². The molecule has 3 rings (SSSR count). The lowest BCUT2D eigenvalue weighted by Gasteiger charge is -2.58. The number of piperidine rings is 1. The summed E-state index contributed by atoms with van der Waals surface area (Å²) < 4.78 is 5.74. The summed E-state index contributed by atoms with van der Waals surface area (Å²) in [6.45, 7) is 9.00. The second kappa shape index (κ2) is 7.53. The van der Waals surface area contributed by atoms with Gasteiger partial charge in [-0.25, -0.2) is 0 Å². The maximum Gasteiger partial charge on any atom is 0.241 e. The SMILES string of the molecule is CCOC1CC(N)(C(=O)NC2CCN(C3CCCCC3)CC2)C1(C)C. The molecule has 144 valence electrons. The number of amides is 1. The van der Waals surface area contributed by atoms with E-state index in [0.717, 1.165) is 32.0 Å². The van der Waals surface area contributed by atoms with Crippen molar-refractivity contribution in [3.05, 3.63) is 0 Å². The zero-order valence-corrected chi connectivity index (χ0v) is 16.4. The van der Waals surface area contributed by atoms with Crippen molar-refractivity contribution >= 4 is 5.91 Å². The molecule has 3 aliphatic rings. The minimum Gasteiger partial charge on any atom is -0.378 e. The lowest BCUT2D eigenvalue weighted by atomic mass is 9.54. The van der Waals surface area contributed by atoms with Crippen molar-refractivity contribution in [2.75, 3.05) is 19.7 Å². The number of likely N-dealkylation sites (tertiary alicyclic amines) is 1. The van der Waals surface area contributed by atoms with Crippen molar-refractivity contribution in [3.63, 3.8) is 0 Å². The van der Waals surface area contributed by atoms with Crippen LogP contribution >= 0.6 is 0 Å². The molecule has 5 nitrogen and oxygen atoms in total. The Morgan fingerprint density at radius 1 is 1.16 bits per heavy atom. The van der Waals surface area contributed by atoms with Crippen LogP contribution in [0.1, 0.15) is 72.1 Å². The van der Waals surface area contributed by atoms with E-state index in [-0.39, 0.29) is 23.5 Å². The summed E-state index contributed by atoms with van der Waals surface area (Å²) in [6.07, 6.45) is 9.69. The molecular weight excluding hydrogens is 314 g/mol. The average Bonchev–Trinajstić information content (AvgIpc) is 2.62. The zero-order chi connectivity index (χ0) is 18.1. The van der Waals surface area contributed by atoms with E-state index in [0.29, 0.717) is 13.0 Å². The van der Waals surface area contributed by atoms with Crippen LogP contribution in [-0.2, 0) is 9.53 Å². The summed E-state index contributed by atoms with van der Waals surface area (Å²) >= 11 is 0. The smallest absolute Gasteiger partial charge is 0.241 e. The summed E-state index contributed by atoms with van der Waals surface area (Å²) in [5.41, 5.74) is 5.40. The lowest BCUT2D eigenvalue weighted by Crippen LogP contribution is -2.76. The molecule has 1 amide bonds. The van der Waals surface area contributed by atoms with Crippen molar-refractivity contribution in [3.8, 4) is 0 Å². The molecule has 5 heteroatoms. The number of rotatable bonds is 5. The van der Waals surface area contributed by atoms with Crippen LogP contribution in [-0.4, -0.2) is 54.2 Å². The van der Waals surface area contributed by atoms with Gasteiger partial charge in [-0.15, -0.1) is 0 Å². The highest BCUT2D eigenvalue weighted by Gasteiger charge is 2.63. The van der Waals surface area contributed by atoms with Gasteiger partial charge >= 0.3 is 0 Å². The van der Waals surface area contributed by atoms with Gasteiger partial charge in [0.15, 0.2) is 0 Å². The van der Waals surface area contributed by atoms with Crippen LogP contribution in [0.5, 0.6) is 0 Å². The number of hydrogen-bond acceptors (Lipinski definition) is 4. The van der Waals surface area contributed by atoms with Gasteiger partial charge in [-0.2, -0.15) is 0 Å². The monoisotopic (exact) mass is 351 g/mol. The molecule has 0 spiro atoms. The van der Waals surface area contributed by atoms with Crippen molar-refractivity contribution in [2.45, 2.75) is 95.9 Å². The Hall–Kier alpha value is -0.650. The molecule has 2 atom stereocenters. The first kappa shape index (κ1) is 19.1. The molecule has 0 aromatic heterocycles. The number of carbonyl (C=O) groups is 1. The van der Waals surface area contributed by atoms with Gasteiger partial charge in [0, 0.05) is 43.6 Å². The Balaban J connectivity index is 1.48. The van der Waals surface area contributed by atoms with Gasteiger partial charge < -0.3 is 20.7 Å². The number of ether oxygens (including phenoxy) is 1. The number of nitrogens with two attached hydrogens (primary N) is 1. The minimum atomic E-state index is -0.798. The predicted molar refractivity (Wildman–Crippen MR) is 100 cm³/mol. The third-order valence-corrected chi connectivity index (χ3v) is 7.19. The van der Waals surface area contributed by atoms with E-state index in [1.54, 1.807) is 0 Å². The third-order valence-electron chi connectivity index (χ3n) is 7.19. The van der Waals surface area contributed by atoms with E-state index in [4.69, 9.17) is 10.5 Å². The number of carbonyl (C=O) groups excluding carboxylic acids is 1. The summed E-state index contributed by atoms with van der Waals surface area (Å²) in [5.74, 6) is 0.0181. The van der Waals surface area contributed by atoms with E-state index >= 15 is 0 Å². The highest BCUT2D eigenvalue weighted by Crippen LogP contribution is 2.50. The molecule has 25 heavy (non-hydrogen) atoms. The highest BCUT2D eigenvalue weighted by molar-refractivity contribution is 5.89. The third kappa shape index (κ3) is 3.60. The van der Waals surface area contributed by atoms with E-state index in [9.17, 15) is 4.79 Å². The van der Waals surface area contributed by atoms with Crippen LogP contribution in [0, 0.1) is 5.41 Å². The van der Waals surface area contributed by atoms with E-state index in [1.807, 2.05) is 6.92 Å². The standard InChI is InChI=1S/C20H37N3O2/c1-4-25-17-14-20(21,19(17,2)3)18(24)22-15-10-12-23(13-11-15)16-8-6-5-7-9-16/h15-17H,4-14,21H2,1-3H3,(H,22,24). The molecule has 0 radical (unpaired) electrons. The maximum absolute atomic E-state index is 12.9. The second-order valence-electron chi connectivity index (χ2n) is 8.92. The first-order valence-corrected chi connectivity index (χ1v) is 10.3. The van der Waals surface area contributed by atoms with Gasteiger partial charge in [-0.05, 0) is 32.6 Å². The number of hydrogen-bond donors (Lipinski definition) is 2. The minimum absolute atomic E-state index is 0.0181. The van der Waals surface area contributed by atoms with Crippen molar-refractivity contribution < 1.29 is 9.53 Å². The molecule has 1 heterocycles. The van der Waals surface area contributed by atoms with Crippen LogP contribution in [0.15, 0.2) is 0 Å². The number of nitrogens with one attached hydrogen (secondary N) is 1. The predicted octanol–water partition coefficient (Wildman–Crippen LogP) is 2.43. The quantitative estimate of drug-likeness (QED) is 0.798. The number of nitrogens with zero attached hydrogens (tertiary/aromatic N) is 1. The van der Waals surface area contributed by atoms with Gasteiger partial charge in [0.25, 0.3) is 0 Å². The molecular formula is C20H37N3O2. The van der Waals surface area contributed by atoms with Gasteiger partial charge in [0.2, 0.25) is 5.91 Å². The van der Waals surface area contributed by atoms with Gasteiger partial charge in [0.05, 0.1) is 6.10 Å². The topological polar surface area (TPSA) is 67.6 Å². The molecule has 3 fully saturated rings. The second-order valence-corrected chi connectivity index (χ2v) is 8.92. The molecule has 1 saturated heterocycles.